The molecule has 0 heterocycles. The monoisotopic (exact) mass is 318 g/mol. The van der Waals surface area contributed by atoms with E-state index in [0.717, 1.165) is 17.0 Å². The van der Waals surface area contributed by atoms with Gasteiger partial charge in [-0.2, -0.15) is 0 Å². The van der Waals surface area contributed by atoms with Crippen LogP contribution in [0.4, 0.5) is 11.4 Å². The quantitative estimate of drug-likeness (QED) is 0.765. The maximum Gasteiger partial charge on any atom is 0.203 e. The molecule has 3 N–H and O–H groups in total. The van der Waals surface area contributed by atoms with Crippen LogP contribution in [0.25, 0.3) is 0 Å². The highest BCUT2D eigenvalue weighted by atomic mass is 16.5. The first-order valence-electron chi connectivity index (χ1n) is 7.09. The minimum absolute atomic E-state index is 0.548. The molecule has 2 aromatic carbocycles. The van der Waals surface area contributed by atoms with Crippen LogP contribution in [0.3, 0.4) is 0 Å². The number of hydrogen-bond donors (Lipinski definition) is 2. The summed E-state index contributed by atoms with van der Waals surface area (Å²) < 4.78 is 21.4. The van der Waals surface area contributed by atoms with Crippen LogP contribution in [0.2, 0.25) is 0 Å². The SMILES string of the molecule is COc1ccc(N)cc1CNc1cc(OC)c(OC)c(OC)c1. The molecule has 6 heteroatoms. The molecule has 0 bridgehead atoms. The van der Waals surface area contributed by atoms with Crippen molar-refractivity contribution in [2.45, 2.75) is 6.54 Å². The predicted molar refractivity (Wildman–Crippen MR) is 90.8 cm³/mol. The van der Waals surface area contributed by atoms with Crippen LogP contribution >= 0.6 is 0 Å². The van der Waals surface area contributed by atoms with Crippen LogP contribution in [0.5, 0.6) is 23.0 Å². The van der Waals surface area contributed by atoms with Crippen molar-refractivity contribution >= 4 is 11.4 Å². The maximum atomic E-state index is 5.84. The third kappa shape index (κ3) is 3.71. The number of benzene rings is 2. The fraction of sp³-hybridized carbons (Fsp3) is 0.294. The number of nitrogen functional groups attached to an aromatic ring is 1. The summed E-state index contributed by atoms with van der Waals surface area (Å²) in [4.78, 5) is 0. The van der Waals surface area contributed by atoms with E-state index in [1.54, 1.807) is 28.4 Å². The molecule has 0 radical (unpaired) electrons. The second kappa shape index (κ2) is 7.49. The van der Waals surface area contributed by atoms with E-state index >= 15 is 0 Å². The van der Waals surface area contributed by atoms with Gasteiger partial charge >= 0.3 is 0 Å². The molecule has 0 fully saturated rings. The molecule has 0 aromatic heterocycles. The molecule has 23 heavy (non-hydrogen) atoms. The summed E-state index contributed by atoms with van der Waals surface area (Å²) in [5, 5.41) is 3.31. The second-order valence-electron chi connectivity index (χ2n) is 4.84. The smallest absolute Gasteiger partial charge is 0.203 e. The van der Waals surface area contributed by atoms with Crippen molar-refractivity contribution in [1.82, 2.24) is 0 Å². The number of nitrogens with one attached hydrogen (secondary N) is 1. The average Bonchev–Trinajstić information content (AvgIpc) is 2.58. The average molecular weight is 318 g/mol. The molecule has 0 atom stereocenters. The molecular weight excluding hydrogens is 296 g/mol. The van der Waals surface area contributed by atoms with E-state index in [1.807, 2.05) is 30.3 Å². The van der Waals surface area contributed by atoms with Gasteiger partial charge in [-0.05, 0) is 18.2 Å². The van der Waals surface area contributed by atoms with E-state index in [2.05, 4.69) is 5.32 Å². The molecule has 2 rings (SSSR count). The lowest BCUT2D eigenvalue weighted by atomic mass is 10.1. The topological polar surface area (TPSA) is 75.0 Å². The highest BCUT2D eigenvalue weighted by Gasteiger charge is 2.13. The summed E-state index contributed by atoms with van der Waals surface area (Å²) in [6.07, 6.45) is 0. The van der Waals surface area contributed by atoms with E-state index in [4.69, 9.17) is 24.7 Å². The van der Waals surface area contributed by atoms with Crippen molar-refractivity contribution < 1.29 is 18.9 Å². The van der Waals surface area contributed by atoms with Gasteiger partial charge in [-0.25, -0.2) is 0 Å². The Kier molecular flexibility index (Phi) is 5.41. The molecule has 0 spiro atoms. The molecule has 0 aliphatic heterocycles. The molecule has 2 aromatic rings. The lowest BCUT2D eigenvalue weighted by Gasteiger charge is -2.16. The Morgan fingerprint density at radius 3 is 1.96 bits per heavy atom. The van der Waals surface area contributed by atoms with Gasteiger partial charge in [0.05, 0.1) is 28.4 Å². The fourth-order valence-electron chi connectivity index (χ4n) is 2.32. The Bertz CT molecular complexity index is 649. The zero-order valence-electron chi connectivity index (χ0n) is 13.8. The molecule has 124 valence electrons. The minimum Gasteiger partial charge on any atom is -0.496 e. The molecular formula is C17H22N2O4. The summed E-state index contributed by atoms with van der Waals surface area (Å²) in [6, 6.07) is 9.23. The van der Waals surface area contributed by atoms with Gasteiger partial charge < -0.3 is 30.0 Å². The highest BCUT2D eigenvalue weighted by molar-refractivity contribution is 5.63. The van der Waals surface area contributed by atoms with Crippen molar-refractivity contribution in [3.8, 4) is 23.0 Å². The first-order chi connectivity index (χ1) is 11.1. The van der Waals surface area contributed by atoms with E-state index < -0.39 is 0 Å². The summed E-state index contributed by atoms with van der Waals surface area (Å²) in [6.45, 7) is 0.548. The largest absolute Gasteiger partial charge is 0.496 e. The molecule has 0 aliphatic carbocycles. The van der Waals surface area contributed by atoms with Gasteiger partial charge in [-0.15, -0.1) is 0 Å². The number of hydrogen-bond acceptors (Lipinski definition) is 6. The third-order valence-electron chi connectivity index (χ3n) is 3.45. The van der Waals surface area contributed by atoms with Crippen molar-refractivity contribution in [3.05, 3.63) is 35.9 Å². The maximum absolute atomic E-state index is 5.84. The predicted octanol–water partition coefficient (Wildman–Crippen LogP) is 2.92. The molecule has 0 aliphatic rings. The Labute approximate surface area is 136 Å². The number of nitrogens with two attached hydrogens (primary N) is 1. The Balaban J connectivity index is 2.25. The van der Waals surface area contributed by atoms with Crippen LogP contribution < -0.4 is 30.0 Å². The zero-order chi connectivity index (χ0) is 16.8. The lowest BCUT2D eigenvalue weighted by molar-refractivity contribution is 0.324. The first-order valence-corrected chi connectivity index (χ1v) is 7.09. The van der Waals surface area contributed by atoms with Gasteiger partial charge in [-0.3, -0.25) is 0 Å². The number of anilines is 2. The van der Waals surface area contributed by atoms with E-state index in [-0.39, 0.29) is 0 Å². The lowest BCUT2D eigenvalue weighted by Crippen LogP contribution is -2.04. The van der Waals surface area contributed by atoms with Crippen molar-refractivity contribution in [2.75, 3.05) is 39.5 Å². The molecule has 0 saturated carbocycles. The van der Waals surface area contributed by atoms with Gasteiger partial charge in [0.15, 0.2) is 11.5 Å². The molecule has 0 amide bonds. The Morgan fingerprint density at radius 2 is 1.43 bits per heavy atom. The summed E-state index contributed by atoms with van der Waals surface area (Å²) >= 11 is 0. The highest BCUT2D eigenvalue weighted by Crippen LogP contribution is 2.40. The summed E-state index contributed by atoms with van der Waals surface area (Å²) in [7, 11) is 6.38. The summed E-state index contributed by atoms with van der Waals surface area (Å²) in [5.41, 5.74) is 8.32. The van der Waals surface area contributed by atoms with Gasteiger partial charge in [0.2, 0.25) is 5.75 Å². The molecule has 6 nitrogen and oxygen atoms in total. The summed E-state index contributed by atoms with van der Waals surface area (Å²) in [5.74, 6) is 2.52. The van der Waals surface area contributed by atoms with E-state index in [9.17, 15) is 0 Å². The standard InChI is InChI=1S/C17H22N2O4/c1-20-14-6-5-12(18)7-11(14)10-19-13-8-15(21-2)17(23-4)16(9-13)22-3/h5-9,19H,10,18H2,1-4H3. The number of rotatable bonds is 7. The molecule has 0 saturated heterocycles. The Hall–Kier alpha value is -2.76. The van der Waals surface area contributed by atoms with Crippen LogP contribution in [0.15, 0.2) is 30.3 Å². The van der Waals surface area contributed by atoms with Crippen LogP contribution in [0, 0.1) is 0 Å². The van der Waals surface area contributed by atoms with Crippen molar-refractivity contribution in [2.24, 2.45) is 0 Å². The van der Waals surface area contributed by atoms with E-state index in [1.165, 1.54) is 0 Å². The van der Waals surface area contributed by atoms with Gasteiger partial charge in [0.25, 0.3) is 0 Å². The third-order valence-corrected chi connectivity index (χ3v) is 3.45. The van der Waals surface area contributed by atoms with Crippen molar-refractivity contribution in [1.29, 1.82) is 0 Å². The Morgan fingerprint density at radius 1 is 0.826 bits per heavy atom. The number of methoxy groups -OCH3 is 4. The fourth-order valence-corrected chi connectivity index (χ4v) is 2.32. The normalized spacial score (nSPS) is 10.1. The van der Waals surface area contributed by atoms with Crippen LogP contribution in [0.1, 0.15) is 5.56 Å². The van der Waals surface area contributed by atoms with Crippen molar-refractivity contribution in [3.63, 3.8) is 0 Å². The molecule has 0 unspecified atom stereocenters. The van der Waals surface area contributed by atoms with Gasteiger partial charge in [0.1, 0.15) is 5.75 Å². The van der Waals surface area contributed by atoms with Gasteiger partial charge in [-0.1, -0.05) is 0 Å². The van der Waals surface area contributed by atoms with E-state index in [0.29, 0.717) is 29.5 Å². The zero-order valence-corrected chi connectivity index (χ0v) is 13.8. The first kappa shape index (κ1) is 16.6. The second-order valence-corrected chi connectivity index (χ2v) is 4.84. The van der Waals surface area contributed by atoms with Crippen LogP contribution in [-0.4, -0.2) is 28.4 Å². The minimum atomic E-state index is 0.548. The van der Waals surface area contributed by atoms with Crippen LogP contribution in [-0.2, 0) is 6.54 Å². The van der Waals surface area contributed by atoms with Gasteiger partial charge in [0, 0.05) is 35.6 Å². The number of ether oxygens (including phenoxy) is 4.